The molecule has 0 aromatic heterocycles. The first-order valence-electron chi connectivity index (χ1n) is 8.18. The largest absolute Gasteiger partial charge is 0.383 e. The summed E-state index contributed by atoms with van der Waals surface area (Å²) >= 11 is 0. The zero-order chi connectivity index (χ0) is 15.0. The van der Waals surface area contributed by atoms with Crippen LogP contribution in [-0.4, -0.2) is 26.8 Å². The minimum atomic E-state index is -0.142. The molecule has 21 heavy (non-hydrogen) atoms. The van der Waals surface area contributed by atoms with Gasteiger partial charge < -0.3 is 10.1 Å². The number of hydrogen-bond acceptors (Lipinski definition) is 2. The number of hydrogen-bond donors (Lipinski definition) is 1. The molecule has 1 aromatic carbocycles. The molecule has 0 atom stereocenters. The lowest BCUT2D eigenvalue weighted by molar-refractivity contribution is 0.193. The second-order valence-corrected chi connectivity index (χ2v) is 6.33. The van der Waals surface area contributed by atoms with Crippen LogP contribution in [-0.2, 0) is 11.2 Å². The molecule has 0 amide bonds. The van der Waals surface area contributed by atoms with Gasteiger partial charge in [0, 0.05) is 13.7 Å². The summed E-state index contributed by atoms with van der Waals surface area (Å²) in [6.07, 6.45) is 8.96. The van der Waals surface area contributed by atoms with Crippen LogP contribution in [0.3, 0.4) is 0 Å². The molecule has 0 radical (unpaired) electrons. The minimum absolute atomic E-state index is 0.142. The molecule has 1 N–H and O–H groups in total. The summed E-state index contributed by atoms with van der Waals surface area (Å²) < 4.78 is 18.0. The molecule has 1 aliphatic rings. The summed E-state index contributed by atoms with van der Waals surface area (Å²) in [4.78, 5) is 0. The molecule has 118 valence electrons. The van der Waals surface area contributed by atoms with Crippen molar-refractivity contribution >= 4 is 0 Å². The van der Waals surface area contributed by atoms with Gasteiger partial charge in [-0.3, -0.25) is 0 Å². The minimum Gasteiger partial charge on any atom is -0.383 e. The van der Waals surface area contributed by atoms with E-state index in [0.717, 1.165) is 26.1 Å². The first-order chi connectivity index (χ1) is 10.2. The van der Waals surface area contributed by atoms with Crippen molar-refractivity contribution in [1.29, 1.82) is 0 Å². The van der Waals surface area contributed by atoms with E-state index in [1.54, 1.807) is 19.2 Å². The maximum absolute atomic E-state index is 13.0. The molecule has 2 nitrogen and oxygen atoms in total. The van der Waals surface area contributed by atoms with Gasteiger partial charge in [-0.2, -0.15) is 0 Å². The number of rotatable bonds is 9. The van der Waals surface area contributed by atoms with Gasteiger partial charge in [-0.15, -0.1) is 0 Å². The summed E-state index contributed by atoms with van der Waals surface area (Å²) in [5, 5.41) is 3.47. The van der Waals surface area contributed by atoms with Gasteiger partial charge in [0.15, 0.2) is 0 Å². The number of aryl methyl sites for hydroxylation is 1. The quantitative estimate of drug-likeness (QED) is 0.696. The lowest BCUT2D eigenvalue weighted by Gasteiger charge is -2.29. The molecular weight excluding hydrogens is 265 g/mol. The molecule has 0 saturated heterocycles. The van der Waals surface area contributed by atoms with Crippen LogP contribution in [0.4, 0.5) is 4.39 Å². The zero-order valence-corrected chi connectivity index (χ0v) is 13.2. The molecule has 0 unspecified atom stereocenters. The molecule has 1 saturated carbocycles. The Morgan fingerprint density at radius 2 is 1.81 bits per heavy atom. The van der Waals surface area contributed by atoms with Crippen LogP contribution in [0.1, 0.15) is 44.1 Å². The number of ether oxygens (including phenoxy) is 1. The van der Waals surface area contributed by atoms with Crippen molar-refractivity contribution in [3.05, 3.63) is 35.6 Å². The Kier molecular flexibility index (Phi) is 6.65. The highest BCUT2D eigenvalue weighted by Crippen LogP contribution is 2.44. The summed E-state index contributed by atoms with van der Waals surface area (Å²) in [5.41, 5.74) is 1.75. The van der Waals surface area contributed by atoms with E-state index in [1.807, 2.05) is 12.1 Å². The maximum atomic E-state index is 13.0. The van der Waals surface area contributed by atoms with E-state index < -0.39 is 0 Å². The second-order valence-electron chi connectivity index (χ2n) is 6.33. The predicted octanol–water partition coefficient (Wildman–Crippen LogP) is 3.94. The highest BCUT2D eigenvalue weighted by atomic mass is 19.1. The van der Waals surface area contributed by atoms with Crippen LogP contribution in [0.25, 0.3) is 0 Å². The van der Waals surface area contributed by atoms with E-state index in [1.165, 1.54) is 44.1 Å². The van der Waals surface area contributed by atoms with Crippen LogP contribution >= 0.6 is 0 Å². The van der Waals surface area contributed by atoms with Crippen molar-refractivity contribution < 1.29 is 9.13 Å². The molecule has 0 spiro atoms. The third-order valence-electron chi connectivity index (χ3n) is 4.84. The SMILES string of the molecule is COCCNCCC1(CCc2ccc(F)cc2)CCCC1. The first-order valence-corrected chi connectivity index (χ1v) is 8.18. The lowest BCUT2D eigenvalue weighted by atomic mass is 9.77. The van der Waals surface area contributed by atoms with Gasteiger partial charge in [0.05, 0.1) is 6.61 Å². The predicted molar refractivity (Wildman–Crippen MR) is 85.0 cm³/mol. The van der Waals surface area contributed by atoms with E-state index >= 15 is 0 Å². The second kappa shape index (κ2) is 8.50. The Bertz CT molecular complexity index is 398. The summed E-state index contributed by atoms with van der Waals surface area (Å²) in [6.45, 7) is 2.79. The molecule has 0 heterocycles. The average molecular weight is 293 g/mol. The van der Waals surface area contributed by atoms with Crippen molar-refractivity contribution in [2.75, 3.05) is 26.8 Å². The van der Waals surface area contributed by atoms with Gasteiger partial charge >= 0.3 is 0 Å². The Morgan fingerprint density at radius 3 is 2.48 bits per heavy atom. The topological polar surface area (TPSA) is 21.3 Å². The third-order valence-corrected chi connectivity index (χ3v) is 4.84. The van der Waals surface area contributed by atoms with Gasteiger partial charge in [0.25, 0.3) is 0 Å². The molecule has 1 aliphatic carbocycles. The van der Waals surface area contributed by atoms with Crippen molar-refractivity contribution in [3.8, 4) is 0 Å². The van der Waals surface area contributed by atoms with Gasteiger partial charge in [-0.25, -0.2) is 4.39 Å². The van der Waals surface area contributed by atoms with E-state index in [0.29, 0.717) is 5.41 Å². The van der Waals surface area contributed by atoms with Gasteiger partial charge in [0.1, 0.15) is 5.82 Å². The van der Waals surface area contributed by atoms with Crippen LogP contribution in [0.2, 0.25) is 0 Å². The van der Waals surface area contributed by atoms with E-state index in [4.69, 9.17) is 4.74 Å². The Morgan fingerprint density at radius 1 is 1.10 bits per heavy atom. The van der Waals surface area contributed by atoms with Crippen LogP contribution in [0.5, 0.6) is 0 Å². The summed E-state index contributed by atoms with van der Waals surface area (Å²) in [5.74, 6) is -0.142. The van der Waals surface area contributed by atoms with Crippen molar-refractivity contribution in [1.82, 2.24) is 5.32 Å². The molecular formula is C18H28FNO. The Labute approximate surface area is 128 Å². The Hall–Kier alpha value is -0.930. The number of benzene rings is 1. The molecule has 0 bridgehead atoms. The highest BCUT2D eigenvalue weighted by molar-refractivity contribution is 5.16. The standard InChI is InChI=1S/C18H28FNO/c1-21-15-14-20-13-12-18(9-2-3-10-18)11-8-16-4-6-17(19)7-5-16/h4-7,20H,2-3,8-15H2,1H3. The van der Waals surface area contributed by atoms with E-state index in [9.17, 15) is 4.39 Å². The highest BCUT2D eigenvalue weighted by Gasteiger charge is 2.32. The molecule has 2 rings (SSSR count). The summed E-state index contributed by atoms with van der Waals surface area (Å²) in [6, 6.07) is 7.00. The monoisotopic (exact) mass is 293 g/mol. The van der Waals surface area contributed by atoms with E-state index in [-0.39, 0.29) is 5.82 Å². The smallest absolute Gasteiger partial charge is 0.123 e. The molecule has 1 aromatic rings. The van der Waals surface area contributed by atoms with Crippen molar-refractivity contribution in [2.45, 2.75) is 44.9 Å². The Balaban J connectivity index is 1.79. The molecule has 0 aliphatic heterocycles. The first kappa shape index (κ1) is 16.4. The van der Waals surface area contributed by atoms with Gasteiger partial charge in [-0.1, -0.05) is 25.0 Å². The number of halogens is 1. The molecule has 1 fully saturated rings. The van der Waals surface area contributed by atoms with E-state index in [2.05, 4.69) is 5.32 Å². The fourth-order valence-electron chi connectivity index (χ4n) is 3.46. The van der Waals surface area contributed by atoms with Crippen LogP contribution < -0.4 is 5.32 Å². The number of nitrogens with one attached hydrogen (secondary N) is 1. The summed E-state index contributed by atoms with van der Waals surface area (Å²) in [7, 11) is 1.74. The maximum Gasteiger partial charge on any atom is 0.123 e. The zero-order valence-electron chi connectivity index (χ0n) is 13.2. The van der Waals surface area contributed by atoms with Crippen molar-refractivity contribution in [2.24, 2.45) is 5.41 Å². The van der Waals surface area contributed by atoms with Gasteiger partial charge in [-0.05, 0) is 61.8 Å². The normalized spacial score (nSPS) is 17.2. The van der Waals surface area contributed by atoms with Gasteiger partial charge in [0.2, 0.25) is 0 Å². The molecule has 3 heteroatoms. The fourth-order valence-corrected chi connectivity index (χ4v) is 3.46. The average Bonchev–Trinajstić information content (AvgIpc) is 2.96. The third kappa shape index (κ3) is 5.40. The lowest BCUT2D eigenvalue weighted by Crippen LogP contribution is -2.27. The van der Waals surface area contributed by atoms with Crippen LogP contribution in [0.15, 0.2) is 24.3 Å². The number of methoxy groups -OCH3 is 1. The van der Waals surface area contributed by atoms with Crippen molar-refractivity contribution in [3.63, 3.8) is 0 Å². The fraction of sp³-hybridized carbons (Fsp3) is 0.667. The van der Waals surface area contributed by atoms with Crippen LogP contribution in [0, 0.1) is 11.2 Å².